The molecule has 0 aliphatic heterocycles. The van der Waals surface area contributed by atoms with Crippen molar-refractivity contribution in [3.63, 3.8) is 0 Å². The Balaban J connectivity index is 1.71. The Morgan fingerprint density at radius 2 is 1.84 bits per heavy atom. The number of rotatable bonds is 7. The number of aromatic amines is 1. The summed E-state index contributed by atoms with van der Waals surface area (Å²) < 4.78 is 5.52. The third-order valence-electron chi connectivity index (χ3n) is 5.77. The van der Waals surface area contributed by atoms with Gasteiger partial charge in [0.15, 0.2) is 0 Å². The Morgan fingerprint density at radius 1 is 1.03 bits per heavy atom. The zero-order valence-corrected chi connectivity index (χ0v) is 18.2. The lowest BCUT2D eigenvalue weighted by Crippen LogP contribution is -2.27. The van der Waals surface area contributed by atoms with E-state index in [2.05, 4.69) is 27.9 Å². The average Bonchev–Trinajstić information content (AvgIpc) is 2.75. The Kier molecular flexibility index (Phi) is 6.00. The smallest absolute Gasteiger partial charge is 0.336 e. The van der Waals surface area contributed by atoms with Crippen LogP contribution in [0.4, 0.5) is 0 Å². The van der Waals surface area contributed by atoms with Crippen LogP contribution < -0.4 is 11.2 Å². The van der Waals surface area contributed by atoms with Gasteiger partial charge in [-0.2, -0.15) is 0 Å². The number of H-pyrrole nitrogens is 1. The third kappa shape index (κ3) is 4.44. The van der Waals surface area contributed by atoms with E-state index in [0.717, 1.165) is 41.5 Å². The van der Waals surface area contributed by atoms with E-state index >= 15 is 0 Å². The van der Waals surface area contributed by atoms with Gasteiger partial charge in [-0.05, 0) is 55.6 Å². The van der Waals surface area contributed by atoms with Crippen LogP contribution in [0.3, 0.4) is 0 Å². The fraction of sp³-hybridized carbons (Fsp3) is 0.320. The van der Waals surface area contributed by atoms with Crippen LogP contribution in [0.25, 0.3) is 21.9 Å². The first-order valence-corrected chi connectivity index (χ1v) is 10.7. The monoisotopic (exact) mass is 417 g/mol. The molecule has 0 bridgehead atoms. The third-order valence-corrected chi connectivity index (χ3v) is 5.77. The van der Waals surface area contributed by atoms with Crippen molar-refractivity contribution in [3.05, 3.63) is 85.8 Å². The molecule has 31 heavy (non-hydrogen) atoms. The molecule has 0 radical (unpaired) electrons. The number of unbranched alkanes of at least 4 members (excludes halogenated alkanes) is 1. The maximum Gasteiger partial charge on any atom is 0.336 e. The molecule has 6 heteroatoms. The van der Waals surface area contributed by atoms with Gasteiger partial charge in [-0.25, -0.2) is 9.78 Å². The van der Waals surface area contributed by atoms with Crippen molar-refractivity contribution in [2.45, 2.75) is 46.7 Å². The summed E-state index contributed by atoms with van der Waals surface area (Å²) in [5.41, 5.74) is 3.86. The largest absolute Gasteiger partial charge is 0.422 e. The van der Waals surface area contributed by atoms with Gasteiger partial charge in [0.1, 0.15) is 11.4 Å². The molecule has 0 atom stereocenters. The SMILES string of the molecule is CCCCN(Cc1nc2ccccc2c(=O)[nH]1)Cc1cc(=O)oc2c(C)c(C)ccc12. The van der Waals surface area contributed by atoms with Crippen LogP contribution in [0.5, 0.6) is 0 Å². The van der Waals surface area contributed by atoms with Crippen LogP contribution >= 0.6 is 0 Å². The van der Waals surface area contributed by atoms with E-state index < -0.39 is 0 Å². The number of nitrogens with zero attached hydrogens (tertiary/aromatic N) is 2. The van der Waals surface area contributed by atoms with Crippen LogP contribution in [0.1, 0.15) is 42.3 Å². The van der Waals surface area contributed by atoms with Crippen molar-refractivity contribution < 1.29 is 4.42 Å². The van der Waals surface area contributed by atoms with Gasteiger partial charge in [0.25, 0.3) is 5.56 Å². The molecule has 4 rings (SSSR count). The molecule has 1 N–H and O–H groups in total. The van der Waals surface area contributed by atoms with Gasteiger partial charge in [-0.3, -0.25) is 9.69 Å². The maximum absolute atomic E-state index is 12.5. The van der Waals surface area contributed by atoms with Crippen LogP contribution in [-0.4, -0.2) is 21.4 Å². The van der Waals surface area contributed by atoms with E-state index in [1.807, 2.05) is 38.1 Å². The number of aromatic nitrogens is 2. The lowest BCUT2D eigenvalue weighted by molar-refractivity contribution is 0.247. The average molecular weight is 418 g/mol. The summed E-state index contributed by atoms with van der Waals surface area (Å²) in [7, 11) is 0. The Hall–Kier alpha value is -3.25. The van der Waals surface area contributed by atoms with Crippen molar-refractivity contribution >= 4 is 21.9 Å². The standard InChI is InChI=1S/C25H27N3O3/c1-4-5-12-28(15-22-26-21-9-7-6-8-20(21)25(30)27-22)14-18-13-23(29)31-24-17(3)16(2)10-11-19(18)24/h6-11,13H,4-5,12,14-15H2,1-3H3,(H,26,27,30). The van der Waals surface area contributed by atoms with Gasteiger partial charge in [0.05, 0.1) is 17.4 Å². The highest BCUT2D eigenvalue weighted by Crippen LogP contribution is 2.24. The van der Waals surface area contributed by atoms with E-state index in [0.29, 0.717) is 35.4 Å². The minimum atomic E-state index is -0.344. The quantitative estimate of drug-likeness (QED) is 0.450. The highest BCUT2D eigenvalue weighted by Gasteiger charge is 2.15. The normalized spacial score (nSPS) is 11.6. The molecule has 2 aromatic carbocycles. The number of para-hydroxylation sites is 1. The van der Waals surface area contributed by atoms with Crippen molar-refractivity contribution in [2.75, 3.05) is 6.54 Å². The topological polar surface area (TPSA) is 79.2 Å². The summed E-state index contributed by atoms with van der Waals surface area (Å²) in [6.45, 7) is 8.03. The first-order chi connectivity index (χ1) is 15.0. The summed E-state index contributed by atoms with van der Waals surface area (Å²) >= 11 is 0. The molecule has 0 saturated heterocycles. The fourth-order valence-corrected chi connectivity index (χ4v) is 3.91. The summed E-state index contributed by atoms with van der Waals surface area (Å²) in [5, 5.41) is 1.54. The molecule has 0 saturated carbocycles. The second-order valence-corrected chi connectivity index (χ2v) is 8.07. The number of nitrogens with one attached hydrogen (secondary N) is 1. The highest BCUT2D eigenvalue weighted by molar-refractivity contribution is 5.84. The molecule has 2 heterocycles. The summed E-state index contributed by atoms with van der Waals surface area (Å²) in [5.74, 6) is 0.624. The molecule has 0 aliphatic carbocycles. The molecule has 0 fully saturated rings. The molecule has 6 nitrogen and oxygen atoms in total. The van der Waals surface area contributed by atoms with E-state index in [9.17, 15) is 9.59 Å². The summed E-state index contributed by atoms with van der Waals surface area (Å²) in [6.07, 6.45) is 2.06. The van der Waals surface area contributed by atoms with Gasteiger partial charge < -0.3 is 9.40 Å². The van der Waals surface area contributed by atoms with Crippen molar-refractivity contribution in [1.29, 1.82) is 0 Å². The van der Waals surface area contributed by atoms with Gasteiger partial charge in [0, 0.05) is 18.0 Å². The van der Waals surface area contributed by atoms with E-state index in [-0.39, 0.29) is 11.2 Å². The Labute approximate surface area is 180 Å². The van der Waals surface area contributed by atoms with Crippen molar-refractivity contribution in [3.8, 4) is 0 Å². The molecule has 2 aromatic heterocycles. The fourth-order valence-electron chi connectivity index (χ4n) is 3.91. The molecule has 0 spiro atoms. The molecular formula is C25H27N3O3. The molecule has 4 aromatic rings. The van der Waals surface area contributed by atoms with Crippen LogP contribution in [0, 0.1) is 13.8 Å². The second kappa shape index (κ2) is 8.86. The molecule has 0 aliphatic rings. The van der Waals surface area contributed by atoms with Gasteiger partial charge in [-0.1, -0.05) is 37.6 Å². The predicted octanol–water partition coefficient (Wildman–Crippen LogP) is 4.45. The minimum absolute atomic E-state index is 0.132. The number of hydrogen-bond donors (Lipinski definition) is 1. The first kappa shape index (κ1) is 21.0. The van der Waals surface area contributed by atoms with Crippen molar-refractivity contribution in [2.24, 2.45) is 0 Å². The van der Waals surface area contributed by atoms with Gasteiger partial charge in [0.2, 0.25) is 0 Å². The first-order valence-electron chi connectivity index (χ1n) is 10.7. The van der Waals surface area contributed by atoms with Crippen LogP contribution in [0.2, 0.25) is 0 Å². The summed E-state index contributed by atoms with van der Waals surface area (Å²) in [4.78, 5) is 34.5. The Bertz CT molecular complexity index is 1350. The highest BCUT2D eigenvalue weighted by atomic mass is 16.4. The molecule has 0 unspecified atom stereocenters. The predicted molar refractivity (Wildman–Crippen MR) is 123 cm³/mol. The van der Waals surface area contributed by atoms with E-state index in [1.165, 1.54) is 0 Å². The minimum Gasteiger partial charge on any atom is -0.422 e. The number of benzene rings is 2. The van der Waals surface area contributed by atoms with Gasteiger partial charge >= 0.3 is 5.63 Å². The van der Waals surface area contributed by atoms with Crippen LogP contribution in [0.15, 0.2) is 56.5 Å². The van der Waals surface area contributed by atoms with Crippen molar-refractivity contribution in [1.82, 2.24) is 14.9 Å². The Morgan fingerprint density at radius 3 is 2.65 bits per heavy atom. The van der Waals surface area contributed by atoms with E-state index in [4.69, 9.17) is 4.42 Å². The molecule has 160 valence electrons. The lowest BCUT2D eigenvalue weighted by Gasteiger charge is -2.22. The number of hydrogen-bond acceptors (Lipinski definition) is 5. The van der Waals surface area contributed by atoms with Crippen LogP contribution in [-0.2, 0) is 13.1 Å². The maximum atomic E-state index is 12.5. The van der Waals surface area contributed by atoms with E-state index in [1.54, 1.807) is 12.1 Å². The zero-order valence-electron chi connectivity index (χ0n) is 18.2. The molecule has 0 amide bonds. The second-order valence-electron chi connectivity index (χ2n) is 8.07. The van der Waals surface area contributed by atoms with Gasteiger partial charge in [-0.15, -0.1) is 0 Å². The molecular weight excluding hydrogens is 390 g/mol. The lowest BCUT2D eigenvalue weighted by atomic mass is 10.0. The summed E-state index contributed by atoms with van der Waals surface area (Å²) in [6, 6.07) is 13.0. The number of aryl methyl sites for hydroxylation is 2. The zero-order chi connectivity index (χ0) is 22.0. The number of fused-ring (bicyclic) bond motifs is 2.